The van der Waals surface area contributed by atoms with Gasteiger partial charge in [0.15, 0.2) is 5.65 Å². The third kappa shape index (κ3) is 3.19. The molecule has 0 aliphatic rings. The van der Waals surface area contributed by atoms with Gasteiger partial charge in [-0.15, -0.1) is 0 Å². The lowest BCUT2D eigenvalue weighted by Gasteiger charge is -2.09. The second-order valence-electron chi connectivity index (χ2n) is 6.40. The summed E-state index contributed by atoms with van der Waals surface area (Å²) >= 11 is 0. The highest BCUT2D eigenvalue weighted by atomic mass is 16.1. The van der Waals surface area contributed by atoms with Gasteiger partial charge in [-0.05, 0) is 41.8 Å². The SMILES string of the molecule is CCc1ccc(CNC(=O)c2cccn3c(=O)c4ccccc4nc23)cc1. The summed E-state index contributed by atoms with van der Waals surface area (Å²) in [6, 6.07) is 18.7. The number of aromatic nitrogens is 2. The summed E-state index contributed by atoms with van der Waals surface area (Å²) in [4.78, 5) is 30.0. The molecular weight excluding hydrogens is 338 g/mol. The fraction of sp³-hybridized carbons (Fsp3) is 0.136. The number of benzene rings is 2. The van der Waals surface area contributed by atoms with Crippen LogP contribution in [0.25, 0.3) is 16.6 Å². The predicted molar refractivity (Wildman–Crippen MR) is 106 cm³/mol. The Morgan fingerprint density at radius 1 is 1.00 bits per heavy atom. The van der Waals surface area contributed by atoms with Crippen molar-refractivity contribution in [3.63, 3.8) is 0 Å². The quantitative estimate of drug-likeness (QED) is 0.570. The summed E-state index contributed by atoms with van der Waals surface area (Å²) in [5.74, 6) is -0.255. The average molecular weight is 357 g/mol. The van der Waals surface area contributed by atoms with Gasteiger partial charge in [-0.1, -0.05) is 43.3 Å². The van der Waals surface area contributed by atoms with Crippen LogP contribution in [0.2, 0.25) is 0 Å². The second-order valence-corrected chi connectivity index (χ2v) is 6.40. The number of pyridine rings is 1. The van der Waals surface area contributed by atoms with Crippen LogP contribution in [0, 0.1) is 0 Å². The number of hydrogen-bond acceptors (Lipinski definition) is 3. The molecule has 0 saturated heterocycles. The molecule has 4 aromatic rings. The van der Waals surface area contributed by atoms with Gasteiger partial charge in [-0.2, -0.15) is 0 Å². The van der Waals surface area contributed by atoms with Gasteiger partial charge >= 0.3 is 0 Å². The van der Waals surface area contributed by atoms with Gasteiger partial charge in [-0.3, -0.25) is 14.0 Å². The summed E-state index contributed by atoms with van der Waals surface area (Å²) in [6.45, 7) is 2.53. The number of amides is 1. The van der Waals surface area contributed by atoms with E-state index in [0.717, 1.165) is 12.0 Å². The third-order valence-electron chi connectivity index (χ3n) is 4.68. The standard InChI is InChI=1S/C22H19N3O2/c1-2-15-9-11-16(12-10-15)14-23-21(26)18-7-5-13-25-20(18)24-19-8-4-3-6-17(19)22(25)27/h3-13H,2,14H2,1H3,(H,23,26). The molecule has 0 spiro atoms. The van der Waals surface area contributed by atoms with E-state index in [9.17, 15) is 9.59 Å². The Morgan fingerprint density at radius 3 is 2.52 bits per heavy atom. The zero-order valence-electron chi connectivity index (χ0n) is 15.0. The minimum atomic E-state index is -0.255. The molecule has 1 N–H and O–H groups in total. The molecule has 5 nitrogen and oxygen atoms in total. The maximum atomic E-state index is 12.7. The largest absolute Gasteiger partial charge is 0.348 e. The number of para-hydroxylation sites is 1. The summed E-state index contributed by atoms with van der Waals surface area (Å²) in [6.07, 6.45) is 2.62. The van der Waals surface area contributed by atoms with E-state index in [4.69, 9.17) is 0 Å². The van der Waals surface area contributed by atoms with Crippen LogP contribution < -0.4 is 10.9 Å². The lowest BCUT2D eigenvalue weighted by molar-refractivity contribution is 0.0952. The van der Waals surface area contributed by atoms with Gasteiger partial charge in [0.25, 0.3) is 11.5 Å². The van der Waals surface area contributed by atoms with Gasteiger partial charge in [0, 0.05) is 12.7 Å². The monoisotopic (exact) mass is 357 g/mol. The van der Waals surface area contributed by atoms with Crippen molar-refractivity contribution in [2.24, 2.45) is 0 Å². The van der Waals surface area contributed by atoms with Crippen molar-refractivity contribution in [2.45, 2.75) is 19.9 Å². The topological polar surface area (TPSA) is 63.5 Å². The first-order valence-electron chi connectivity index (χ1n) is 8.93. The average Bonchev–Trinajstić information content (AvgIpc) is 2.72. The van der Waals surface area contributed by atoms with Crippen molar-refractivity contribution in [1.29, 1.82) is 0 Å². The predicted octanol–water partition coefficient (Wildman–Crippen LogP) is 3.34. The van der Waals surface area contributed by atoms with Crippen molar-refractivity contribution in [3.8, 4) is 0 Å². The number of nitrogens with zero attached hydrogens (tertiary/aromatic N) is 2. The van der Waals surface area contributed by atoms with Crippen LogP contribution in [0.5, 0.6) is 0 Å². The van der Waals surface area contributed by atoms with Gasteiger partial charge in [0.2, 0.25) is 0 Å². The maximum absolute atomic E-state index is 12.7. The molecule has 0 aliphatic carbocycles. The van der Waals surface area contributed by atoms with Crippen LogP contribution in [-0.2, 0) is 13.0 Å². The highest BCUT2D eigenvalue weighted by molar-refractivity contribution is 6.00. The molecule has 0 unspecified atom stereocenters. The molecule has 4 rings (SSSR count). The van der Waals surface area contributed by atoms with Gasteiger partial charge in [0.05, 0.1) is 16.5 Å². The molecule has 2 heterocycles. The normalized spacial score (nSPS) is 11.0. The number of fused-ring (bicyclic) bond motifs is 2. The van der Waals surface area contributed by atoms with Crippen LogP contribution in [0.3, 0.4) is 0 Å². The lowest BCUT2D eigenvalue weighted by atomic mass is 10.1. The summed E-state index contributed by atoms with van der Waals surface area (Å²) in [7, 11) is 0. The molecule has 0 radical (unpaired) electrons. The minimum absolute atomic E-state index is 0.180. The Bertz CT molecular complexity index is 1190. The number of nitrogens with one attached hydrogen (secondary N) is 1. The number of carbonyl (C=O) groups is 1. The van der Waals surface area contributed by atoms with E-state index in [1.807, 2.05) is 18.2 Å². The first kappa shape index (κ1) is 17.0. The molecule has 0 atom stereocenters. The van der Waals surface area contributed by atoms with Crippen LogP contribution in [-0.4, -0.2) is 15.3 Å². The van der Waals surface area contributed by atoms with Gasteiger partial charge < -0.3 is 5.32 Å². The summed E-state index contributed by atoms with van der Waals surface area (Å²) in [5, 5.41) is 3.45. The highest BCUT2D eigenvalue weighted by Crippen LogP contribution is 2.13. The fourth-order valence-electron chi connectivity index (χ4n) is 3.12. The van der Waals surface area contributed by atoms with Crippen LogP contribution in [0.1, 0.15) is 28.4 Å². The zero-order valence-corrected chi connectivity index (χ0v) is 15.0. The third-order valence-corrected chi connectivity index (χ3v) is 4.68. The molecule has 0 saturated carbocycles. The molecule has 2 aromatic heterocycles. The highest BCUT2D eigenvalue weighted by Gasteiger charge is 2.14. The van der Waals surface area contributed by atoms with Crippen molar-refractivity contribution < 1.29 is 4.79 Å². The van der Waals surface area contributed by atoms with Crippen molar-refractivity contribution in [1.82, 2.24) is 14.7 Å². The Kier molecular flexibility index (Phi) is 4.42. The van der Waals surface area contributed by atoms with E-state index in [-0.39, 0.29) is 11.5 Å². The number of hydrogen-bond donors (Lipinski definition) is 1. The van der Waals surface area contributed by atoms with E-state index in [1.165, 1.54) is 9.96 Å². The molecule has 0 aliphatic heterocycles. The molecule has 1 amide bonds. The van der Waals surface area contributed by atoms with Crippen LogP contribution in [0.4, 0.5) is 0 Å². The van der Waals surface area contributed by atoms with E-state index < -0.39 is 0 Å². The fourth-order valence-corrected chi connectivity index (χ4v) is 3.12. The minimum Gasteiger partial charge on any atom is -0.348 e. The number of aryl methyl sites for hydroxylation is 1. The van der Waals surface area contributed by atoms with Crippen molar-refractivity contribution in [3.05, 3.63) is 93.9 Å². The maximum Gasteiger partial charge on any atom is 0.265 e. The lowest BCUT2D eigenvalue weighted by Crippen LogP contribution is -2.25. The van der Waals surface area contributed by atoms with Gasteiger partial charge in [-0.25, -0.2) is 4.98 Å². The molecule has 134 valence electrons. The smallest absolute Gasteiger partial charge is 0.265 e. The molecule has 27 heavy (non-hydrogen) atoms. The first-order valence-corrected chi connectivity index (χ1v) is 8.93. The Labute approximate surface area is 156 Å². The second kappa shape index (κ2) is 7.03. The van der Waals surface area contributed by atoms with E-state index >= 15 is 0 Å². The molecule has 5 heteroatoms. The van der Waals surface area contributed by atoms with Crippen molar-refractivity contribution >= 4 is 22.5 Å². The number of carbonyl (C=O) groups excluding carboxylic acids is 1. The van der Waals surface area contributed by atoms with E-state index in [0.29, 0.717) is 28.7 Å². The van der Waals surface area contributed by atoms with E-state index in [2.05, 4.69) is 29.4 Å². The zero-order chi connectivity index (χ0) is 18.8. The van der Waals surface area contributed by atoms with Gasteiger partial charge in [0.1, 0.15) is 0 Å². The summed E-state index contributed by atoms with van der Waals surface area (Å²) < 4.78 is 1.42. The Hall–Kier alpha value is -3.47. The summed E-state index contributed by atoms with van der Waals surface area (Å²) in [5.41, 5.74) is 3.43. The van der Waals surface area contributed by atoms with Crippen LogP contribution in [0.15, 0.2) is 71.7 Å². The van der Waals surface area contributed by atoms with Crippen LogP contribution >= 0.6 is 0 Å². The number of rotatable bonds is 4. The molecule has 2 aromatic carbocycles. The van der Waals surface area contributed by atoms with E-state index in [1.54, 1.807) is 36.5 Å². The molecule has 0 fully saturated rings. The Balaban J connectivity index is 1.68. The first-order chi connectivity index (χ1) is 13.2. The Morgan fingerprint density at radius 2 is 1.74 bits per heavy atom. The van der Waals surface area contributed by atoms with Crippen molar-refractivity contribution in [2.75, 3.05) is 0 Å². The molecular formula is C22H19N3O2. The molecule has 0 bridgehead atoms.